The number of halogens is 3. The first-order valence-electron chi connectivity index (χ1n) is 7.39. The minimum absolute atomic E-state index is 0.254. The van der Waals surface area contributed by atoms with Crippen LogP contribution < -0.4 is 15.8 Å². The van der Waals surface area contributed by atoms with Crippen molar-refractivity contribution < 1.29 is 14.3 Å². The molecule has 0 radical (unpaired) electrons. The second kappa shape index (κ2) is 9.69. The molecule has 3 amide bonds. The van der Waals surface area contributed by atoms with E-state index in [0.717, 1.165) is 10.0 Å². The van der Waals surface area contributed by atoms with E-state index in [1.165, 1.54) is 6.08 Å². The predicted octanol–water partition coefficient (Wildman–Crippen LogP) is 4.65. The van der Waals surface area contributed by atoms with Gasteiger partial charge in [0.15, 0.2) is 0 Å². The standard InChI is InChI=1S/C18H12Br3N3O3/c19-13-3-1-10(2-4-13)9-27-16-14(20)6-11(7-15(16)21)5-12(8-22)17(25)24-18(23)26/h1-7H,9H2,(H3,23,24,25,26)/b12-5-. The quantitative estimate of drug-likeness (QED) is 0.412. The zero-order chi connectivity index (χ0) is 20.0. The van der Waals surface area contributed by atoms with Gasteiger partial charge < -0.3 is 10.5 Å². The number of carbonyl (C=O) groups excluding carboxylic acids is 2. The number of hydrogen-bond acceptors (Lipinski definition) is 4. The fourth-order valence-corrected chi connectivity index (χ4v) is 3.75. The van der Waals surface area contributed by atoms with Gasteiger partial charge in [0, 0.05) is 4.47 Å². The average molecular weight is 558 g/mol. The molecule has 0 aliphatic rings. The van der Waals surface area contributed by atoms with Gasteiger partial charge in [-0.05, 0) is 73.3 Å². The normalized spacial score (nSPS) is 10.8. The SMILES string of the molecule is N#C/C(=C/c1cc(Br)c(OCc2ccc(Br)cc2)c(Br)c1)C(=O)NC(N)=O. The van der Waals surface area contributed by atoms with Crippen LogP contribution in [0.4, 0.5) is 4.79 Å². The maximum atomic E-state index is 11.8. The Labute approximate surface area is 180 Å². The van der Waals surface area contributed by atoms with E-state index in [2.05, 4.69) is 47.8 Å². The molecule has 2 aromatic carbocycles. The highest BCUT2D eigenvalue weighted by Crippen LogP contribution is 2.36. The molecule has 0 saturated heterocycles. The van der Waals surface area contributed by atoms with Gasteiger partial charge in [0.2, 0.25) is 0 Å². The first kappa shape index (κ1) is 21.2. The van der Waals surface area contributed by atoms with Crippen LogP contribution in [-0.4, -0.2) is 11.9 Å². The number of rotatable bonds is 5. The highest BCUT2D eigenvalue weighted by atomic mass is 79.9. The molecule has 0 aliphatic carbocycles. The Balaban J connectivity index is 2.21. The van der Waals surface area contributed by atoms with Crippen LogP contribution in [0.3, 0.4) is 0 Å². The summed E-state index contributed by atoms with van der Waals surface area (Å²) in [6.45, 7) is 0.365. The smallest absolute Gasteiger partial charge is 0.319 e. The molecule has 138 valence electrons. The molecule has 0 aliphatic heterocycles. The summed E-state index contributed by atoms with van der Waals surface area (Å²) in [7, 11) is 0. The number of imide groups is 1. The maximum Gasteiger partial charge on any atom is 0.319 e. The Hall–Kier alpha value is -2.15. The van der Waals surface area contributed by atoms with E-state index in [9.17, 15) is 9.59 Å². The lowest BCUT2D eigenvalue weighted by atomic mass is 10.1. The lowest BCUT2D eigenvalue weighted by Gasteiger charge is -2.12. The Bertz CT molecular complexity index is 928. The summed E-state index contributed by atoms with van der Waals surface area (Å²) in [5.41, 5.74) is 6.19. The average Bonchev–Trinajstić information content (AvgIpc) is 2.59. The van der Waals surface area contributed by atoms with E-state index in [1.54, 1.807) is 18.2 Å². The summed E-state index contributed by atoms with van der Waals surface area (Å²) in [6, 6.07) is 11.8. The molecule has 2 rings (SSSR count). The number of hydrogen-bond donors (Lipinski definition) is 2. The Kier molecular flexibility index (Phi) is 7.59. The van der Waals surface area contributed by atoms with Gasteiger partial charge in [-0.25, -0.2) is 4.79 Å². The highest BCUT2D eigenvalue weighted by molar-refractivity contribution is 9.11. The van der Waals surface area contributed by atoms with Crippen molar-refractivity contribution in [2.75, 3.05) is 0 Å². The van der Waals surface area contributed by atoms with E-state index in [0.29, 0.717) is 26.9 Å². The van der Waals surface area contributed by atoms with Crippen LogP contribution in [-0.2, 0) is 11.4 Å². The number of nitriles is 1. The third-order valence-electron chi connectivity index (χ3n) is 3.23. The molecular weight excluding hydrogens is 546 g/mol. The van der Waals surface area contributed by atoms with Gasteiger partial charge in [-0.3, -0.25) is 10.1 Å². The van der Waals surface area contributed by atoms with E-state index < -0.39 is 11.9 Å². The molecule has 27 heavy (non-hydrogen) atoms. The van der Waals surface area contributed by atoms with Crippen molar-refractivity contribution >= 4 is 65.8 Å². The molecule has 2 aromatic rings. The molecule has 3 N–H and O–H groups in total. The van der Waals surface area contributed by atoms with Crippen LogP contribution in [0.5, 0.6) is 5.75 Å². The molecule has 6 nitrogen and oxygen atoms in total. The van der Waals surface area contributed by atoms with Gasteiger partial charge in [0.25, 0.3) is 5.91 Å². The van der Waals surface area contributed by atoms with Crippen LogP contribution >= 0.6 is 47.8 Å². The van der Waals surface area contributed by atoms with Crippen molar-refractivity contribution in [2.45, 2.75) is 6.61 Å². The molecule has 0 fully saturated rings. The van der Waals surface area contributed by atoms with Crippen LogP contribution in [0, 0.1) is 11.3 Å². The Morgan fingerprint density at radius 1 is 1.15 bits per heavy atom. The van der Waals surface area contributed by atoms with Crippen LogP contribution in [0.15, 0.2) is 55.4 Å². The van der Waals surface area contributed by atoms with Gasteiger partial charge in [-0.15, -0.1) is 0 Å². The number of nitrogens with two attached hydrogens (primary N) is 1. The van der Waals surface area contributed by atoms with Crippen molar-refractivity contribution in [3.05, 3.63) is 66.5 Å². The van der Waals surface area contributed by atoms with Gasteiger partial charge in [0.05, 0.1) is 8.95 Å². The molecule has 0 aromatic heterocycles. The summed E-state index contributed by atoms with van der Waals surface area (Å²) >= 11 is 10.2. The number of amides is 3. The van der Waals surface area contributed by atoms with Gasteiger partial charge >= 0.3 is 6.03 Å². The number of nitrogens with zero attached hydrogens (tertiary/aromatic N) is 1. The molecule has 0 heterocycles. The maximum absolute atomic E-state index is 11.8. The number of urea groups is 1. The van der Waals surface area contributed by atoms with E-state index in [1.807, 2.05) is 29.6 Å². The monoisotopic (exact) mass is 555 g/mol. The summed E-state index contributed by atoms with van der Waals surface area (Å²) in [4.78, 5) is 22.5. The number of ether oxygens (including phenoxy) is 1. The number of nitrogens with one attached hydrogen (secondary N) is 1. The summed E-state index contributed by atoms with van der Waals surface area (Å²) in [5, 5.41) is 11.0. The molecule has 0 bridgehead atoms. The molecule has 0 spiro atoms. The Morgan fingerprint density at radius 2 is 1.74 bits per heavy atom. The first-order chi connectivity index (χ1) is 12.8. The second-order valence-corrected chi connectivity index (χ2v) is 7.84. The van der Waals surface area contributed by atoms with Crippen LogP contribution in [0.1, 0.15) is 11.1 Å². The summed E-state index contributed by atoms with van der Waals surface area (Å²) in [6.07, 6.45) is 1.34. The lowest BCUT2D eigenvalue weighted by molar-refractivity contribution is -0.115. The molecule has 0 unspecified atom stereocenters. The molecule has 9 heteroatoms. The number of primary amides is 1. The van der Waals surface area contributed by atoms with Gasteiger partial charge in [0.1, 0.15) is 24.0 Å². The first-order valence-corrected chi connectivity index (χ1v) is 9.77. The molecule has 0 saturated carbocycles. The fraction of sp³-hybridized carbons (Fsp3) is 0.0556. The zero-order valence-electron chi connectivity index (χ0n) is 13.6. The summed E-state index contributed by atoms with van der Waals surface area (Å²) < 4.78 is 8.09. The van der Waals surface area contributed by atoms with Crippen molar-refractivity contribution in [2.24, 2.45) is 5.73 Å². The Morgan fingerprint density at radius 3 is 2.26 bits per heavy atom. The summed E-state index contributed by atoms with van der Waals surface area (Å²) in [5.74, 6) is -0.289. The van der Waals surface area contributed by atoms with E-state index in [4.69, 9.17) is 15.7 Å². The van der Waals surface area contributed by atoms with E-state index in [-0.39, 0.29) is 5.57 Å². The molecule has 0 atom stereocenters. The number of carbonyl (C=O) groups is 2. The van der Waals surface area contributed by atoms with Crippen molar-refractivity contribution in [3.63, 3.8) is 0 Å². The third kappa shape index (κ3) is 6.20. The zero-order valence-corrected chi connectivity index (χ0v) is 18.4. The second-order valence-electron chi connectivity index (χ2n) is 5.22. The third-order valence-corrected chi connectivity index (χ3v) is 4.94. The molecular formula is C18H12Br3N3O3. The lowest BCUT2D eigenvalue weighted by Crippen LogP contribution is -2.35. The largest absolute Gasteiger partial charge is 0.487 e. The van der Waals surface area contributed by atoms with Crippen molar-refractivity contribution in [1.29, 1.82) is 5.26 Å². The van der Waals surface area contributed by atoms with Crippen molar-refractivity contribution in [1.82, 2.24) is 5.32 Å². The highest BCUT2D eigenvalue weighted by Gasteiger charge is 2.13. The fourth-order valence-electron chi connectivity index (χ4n) is 2.03. The predicted molar refractivity (Wildman–Crippen MR) is 112 cm³/mol. The minimum atomic E-state index is -1.03. The number of benzene rings is 2. The van der Waals surface area contributed by atoms with Crippen molar-refractivity contribution in [3.8, 4) is 11.8 Å². The topological polar surface area (TPSA) is 105 Å². The van der Waals surface area contributed by atoms with E-state index >= 15 is 0 Å². The minimum Gasteiger partial charge on any atom is -0.487 e. The van der Waals surface area contributed by atoms with Crippen LogP contribution in [0.2, 0.25) is 0 Å². The van der Waals surface area contributed by atoms with Gasteiger partial charge in [-0.2, -0.15) is 5.26 Å². The van der Waals surface area contributed by atoms with Crippen LogP contribution in [0.25, 0.3) is 6.08 Å². The van der Waals surface area contributed by atoms with Gasteiger partial charge in [-0.1, -0.05) is 28.1 Å².